The lowest BCUT2D eigenvalue weighted by Crippen LogP contribution is -2.43. The molecule has 0 bridgehead atoms. The second-order valence-electron chi connectivity index (χ2n) is 6.91. The first-order valence-electron chi connectivity index (χ1n) is 8.67. The number of nitrogens with zero attached hydrogens (tertiary/aromatic N) is 3. The molecule has 1 fully saturated rings. The summed E-state index contributed by atoms with van der Waals surface area (Å²) in [5.41, 5.74) is -0.202. The zero-order chi connectivity index (χ0) is 21.4. The van der Waals surface area contributed by atoms with Gasteiger partial charge in [0.05, 0.1) is 5.69 Å². The maximum atomic E-state index is 13.0. The fourth-order valence-corrected chi connectivity index (χ4v) is 3.02. The molecule has 10 heteroatoms. The first kappa shape index (κ1) is 20.4. The Bertz CT molecular complexity index is 929. The minimum absolute atomic E-state index is 0.163. The molecule has 0 saturated carbocycles. The highest BCUT2D eigenvalue weighted by atomic mass is 19.4. The van der Waals surface area contributed by atoms with E-state index in [2.05, 4.69) is 15.0 Å². The second-order valence-corrected chi connectivity index (χ2v) is 6.91. The molecule has 7 nitrogen and oxygen atoms in total. The number of nitrogens with one attached hydrogen (secondary N) is 1. The number of hydrogen-bond donors (Lipinski definition) is 1. The van der Waals surface area contributed by atoms with Gasteiger partial charge in [-0.2, -0.15) is 0 Å². The van der Waals surface area contributed by atoms with Crippen molar-refractivity contribution in [3.05, 3.63) is 48.2 Å². The number of carbonyl (C=O) groups excluding carboxylic acids is 2. The van der Waals surface area contributed by atoms with Gasteiger partial charge in [-0.25, -0.2) is 14.7 Å². The molecule has 1 aromatic carbocycles. The first-order valence-corrected chi connectivity index (χ1v) is 8.67. The number of pyridine rings is 1. The summed E-state index contributed by atoms with van der Waals surface area (Å²) in [6, 6.07) is 7.53. The van der Waals surface area contributed by atoms with Crippen LogP contribution in [-0.2, 0) is 11.3 Å². The number of imide groups is 1. The van der Waals surface area contributed by atoms with E-state index in [0.717, 1.165) is 22.6 Å². The third-order valence-corrected chi connectivity index (χ3v) is 4.57. The summed E-state index contributed by atoms with van der Waals surface area (Å²) in [6.07, 6.45) is -3.23. The molecule has 1 aliphatic heterocycles. The molecule has 1 N–H and O–H groups in total. The molecule has 1 aromatic heterocycles. The second kappa shape index (κ2) is 7.26. The zero-order valence-electron chi connectivity index (χ0n) is 15.9. The van der Waals surface area contributed by atoms with Gasteiger partial charge in [0.2, 0.25) is 0 Å². The van der Waals surface area contributed by atoms with E-state index >= 15 is 0 Å². The van der Waals surface area contributed by atoms with Crippen molar-refractivity contribution in [1.82, 2.24) is 9.88 Å². The van der Waals surface area contributed by atoms with Gasteiger partial charge in [0, 0.05) is 19.8 Å². The van der Waals surface area contributed by atoms with E-state index in [-0.39, 0.29) is 12.2 Å². The van der Waals surface area contributed by atoms with Gasteiger partial charge in [-0.3, -0.25) is 4.79 Å². The molecule has 3 amide bonds. The van der Waals surface area contributed by atoms with Gasteiger partial charge in [-0.1, -0.05) is 0 Å². The average molecular weight is 408 g/mol. The smallest absolute Gasteiger partial charge is 0.406 e. The monoisotopic (exact) mass is 408 g/mol. The van der Waals surface area contributed by atoms with Crippen LogP contribution in [0.15, 0.2) is 42.6 Å². The van der Waals surface area contributed by atoms with E-state index in [0.29, 0.717) is 5.82 Å². The number of rotatable bonds is 5. The molecular weight excluding hydrogens is 389 g/mol. The van der Waals surface area contributed by atoms with Crippen LogP contribution < -0.4 is 15.0 Å². The summed E-state index contributed by atoms with van der Waals surface area (Å²) in [4.78, 5) is 32.4. The summed E-state index contributed by atoms with van der Waals surface area (Å²) in [5, 5.41) is 2.91. The van der Waals surface area contributed by atoms with Crippen LogP contribution >= 0.6 is 0 Å². The molecule has 1 aliphatic rings. The van der Waals surface area contributed by atoms with Gasteiger partial charge in [-0.05, 0) is 55.8 Å². The molecule has 0 radical (unpaired) electrons. The van der Waals surface area contributed by atoms with Crippen LogP contribution in [0, 0.1) is 0 Å². The molecule has 2 heterocycles. The third-order valence-electron chi connectivity index (χ3n) is 4.57. The highest BCUT2D eigenvalue weighted by Gasteiger charge is 2.51. The number of urea groups is 1. The molecule has 0 aliphatic carbocycles. The molecular formula is C19H19F3N4O3. The predicted molar refractivity (Wildman–Crippen MR) is 99.4 cm³/mol. The number of aromatic nitrogens is 1. The number of carbonyl (C=O) groups is 2. The lowest BCUT2D eigenvalue weighted by molar-refractivity contribution is -0.274. The topological polar surface area (TPSA) is 74.8 Å². The van der Waals surface area contributed by atoms with Crippen LogP contribution in [-0.4, -0.2) is 40.8 Å². The van der Waals surface area contributed by atoms with Crippen molar-refractivity contribution in [2.45, 2.75) is 32.3 Å². The number of ether oxygens (including phenoxy) is 1. The van der Waals surface area contributed by atoms with Gasteiger partial charge >= 0.3 is 12.4 Å². The summed E-state index contributed by atoms with van der Waals surface area (Å²) in [7, 11) is 1.72. The number of amides is 3. The van der Waals surface area contributed by atoms with Crippen LogP contribution in [0.2, 0.25) is 0 Å². The number of benzene rings is 1. The third kappa shape index (κ3) is 4.10. The maximum absolute atomic E-state index is 13.0. The van der Waals surface area contributed by atoms with Crippen LogP contribution in [0.25, 0.3) is 0 Å². The van der Waals surface area contributed by atoms with Crippen molar-refractivity contribution in [3.63, 3.8) is 0 Å². The fraction of sp³-hybridized carbons (Fsp3) is 0.316. The summed E-state index contributed by atoms with van der Waals surface area (Å²) < 4.78 is 40.8. The van der Waals surface area contributed by atoms with Crippen molar-refractivity contribution in [1.29, 1.82) is 0 Å². The van der Waals surface area contributed by atoms with E-state index in [9.17, 15) is 22.8 Å². The molecule has 2 aromatic rings. The fourth-order valence-electron chi connectivity index (χ4n) is 3.02. The molecule has 3 rings (SSSR count). The lowest BCUT2D eigenvalue weighted by atomic mass is 10.0. The number of hydrogen-bond acceptors (Lipinski definition) is 5. The van der Waals surface area contributed by atoms with E-state index < -0.39 is 29.6 Å². The SMILES string of the molecule is CNc1cc(CN2C(=O)N(c3ccc(OC(F)(F)F)cc3)C(=O)C2(C)C)ccn1. The molecule has 1 saturated heterocycles. The average Bonchev–Trinajstić information content (AvgIpc) is 2.81. The van der Waals surface area contributed by atoms with E-state index in [4.69, 9.17) is 0 Å². The highest BCUT2D eigenvalue weighted by Crippen LogP contribution is 2.34. The molecule has 154 valence electrons. The van der Waals surface area contributed by atoms with E-state index in [1.165, 1.54) is 17.0 Å². The van der Waals surface area contributed by atoms with Crippen LogP contribution in [0.1, 0.15) is 19.4 Å². The Kier molecular flexibility index (Phi) is 5.12. The normalized spacial score (nSPS) is 16.3. The molecule has 0 spiro atoms. The summed E-state index contributed by atoms with van der Waals surface area (Å²) in [5.74, 6) is -0.293. The Morgan fingerprint density at radius 2 is 1.79 bits per heavy atom. The van der Waals surface area contributed by atoms with E-state index in [1.807, 2.05) is 0 Å². The first-order chi connectivity index (χ1) is 13.5. The van der Waals surface area contributed by atoms with Crippen molar-refractivity contribution in [3.8, 4) is 5.75 Å². The Morgan fingerprint density at radius 1 is 1.14 bits per heavy atom. The Balaban J connectivity index is 1.86. The Labute approximate surface area is 165 Å². The van der Waals surface area contributed by atoms with Crippen LogP contribution in [0.5, 0.6) is 5.75 Å². The van der Waals surface area contributed by atoms with Gasteiger partial charge in [0.1, 0.15) is 17.1 Å². The predicted octanol–water partition coefficient (Wildman–Crippen LogP) is 3.77. The van der Waals surface area contributed by atoms with Gasteiger partial charge in [-0.15, -0.1) is 13.2 Å². The quantitative estimate of drug-likeness (QED) is 0.763. The van der Waals surface area contributed by atoms with Gasteiger partial charge in [0.15, 0.2) is 0 Å². The summed E-state index contributed by atoms with van der Waals surface area (Å²) in [6.45, 7) is 3.41. The number of alkyl halides is 3. The van der Waals surface area contributed by atoms with Crippen molar-refractivity contribution in [2.75, 3.05) is 17.3 Å². The number of anilines is 2. The Hall–Kier alpha value is -3.30. The Morgan fingerprint density at radius 3 is 2.38 bits per heavy atom. The van der Waals surface area contributed by atoms with Gasteiger partial charge < -0.3 is 15.0 Å². The maximum Gasteiger partial charge on any atom is 0.573 e. The molecule has 29 heavy (non-hydrogen) atoms. The zero-order valence-corrected chi connectivity index (χ0v) is 15.9. The van der Waals surface area contributed by atoms with Crippen molar-refractivity contribution >= 4 is 23.4 Å². The number of halogens is 3. The minimum Gasteiger partial charge on any atom is -0.406 e. The molecule has 0 atom stereocenters. The van der Waals surface area contributed by atoms with Crippen LogP contribution in [0.4, 0.5) is 29.5 Å². The standard InChI is InChI=1S/C19H19F3N4O3/c1-18(2)16(27)26(13-4-6-14(7-5-13)29-19(20,21)22)17(28)25(18)11-12-8-9-24-15(10-12)23-3/h4-10H,11H2,1-3H3,(H,23,24). The van der Waals surface area contributed by atoms with Crippen molar-refractivity contribution in [2.24, 2.45) is 0 Å². The summed E-state index contributed by atoms with van der Waals surface area (Å²) >= 11 is 0. The largest absolute Gasteiger partial charge is 0.573 e. The lowest BCUT2D eigenvalue weighted by Gasteiger charge is -2.27. The van der Waals surface area contributed by atoms with E-state index in [1.54, 1.807) is 39.2 Å². The van der Waals surface area contributed by atoms with Crippen molar-refractivity contribution < 1.29 is 27.5 Å². The molecule has 0 unspecified atom stereocenters. The minimum atomic E-state index is -4.82. The van der Waals surface area contributed by atoms with Gasteiger partial charge in [0.25, 0.3) is 5.91 Å². The highest BCUT2D eigenvalue weighted by molar-refractivity contribution is 6.22. The van der Waals surface area contributed by atoms with Crippen LogP contribution in [0.3, 0.4) is 0 Å².